The summed E-state index contributed by atoms with van der Waals surface area (Å²) in [5.41, 5.74) is 1.94. The number of unbranched alkanes of at least 4 members (excludes halogenated alkanes) is 1. The van der Waals surface area contributed by atoms with E-state index >= 15 is 0 Å². The van der Waals surface area contributed by atoms with Crippen molar-refractivity contribution in [3.63, 3.8) is 0 Å². The Morgan fingerprint density at radius 3 is 3.12 bits per heavy atom. The smallest absolute Gasteiger partial charge is 0.220 e. The highest BCUT2D eigenvalue weighted by Gasteiger charge is 2.03. The van der Waals surface area contributed by atoms with Gasteiger partial charge in [0.05, 0.1) is 17.8 Å². The summed E-state index contributed by atoms with van der Waals surface area (Å²) in [5.74, 6) is 0.101. The normalized spacial score (nSPS) is 10.6. The van der Waals surface area contributed by atoms with Gasteiger partial charge >= 0.3 is 0 Å². The number of hydrogen-bond donors (Lipinski definition) is 1. The van der Waals surface area contributed by atoms with Gasteiger partial charge < -0.3 is 5.32 Å². The quantitative estimate of drug-likeness (QED) is 0.857. The van der Waals surface area contributed by atoms with Crippen molar-refractivity contribution in [1.29, 1.82) is 0 Å². The second kappa shape index (κ2) is 5.48. The Morgan fingerprint density at radius 2 is 2.35 bits per heavy atom. The zero-order chi connectivity index (χ0) is 12.1. The molecule has 2 rings (SSSR count). The summed E-state index contributed by atoms with van der Waals surface area (Å²) in [5, 5.41) is 7.25. The highest BCUT2D eigenvalue weighted by molar-refractivity contribution is 5.75. The van der Waals surface area contributed by atoms with Crippen LogP contribution in [0.2, 0.25) is 0 Å². The van der Waals surface area contributed by atoms with E-state index in [9.17, 15) is 4.79 Å². The second-order valence-corrected chi connectivity index (χ2v) is 4.09. The van der Waals surface area contributed by atoms with Crippen molar-refractivity contribution < 1.29 is 4.79 Å². The fourth-order valence-electron chi connectivity index (χ4n) is 1.69. The van der Waals surface area contributed by atoms with E-state index in [2.05, 4.69) is 17.3 Å². The van der Waals surface area contributed by atoms with Crippen LogP contribution in [0, 0.1) is 0 Å². The standard InChI is InChI=1S/C13H17N3O/c1-2-3-7-13(17)14-10-11-9-12-6-4-5-8-16(12)15-11/h4-6,8-9H,2-3,7,10H2,1H3,(H,14,17). The van der Waals surface area contributed by atoms with Crippen molar-refractivity contribution in [2.24, 2.45) is 0 Å². The molecule has 0 radical (unpaired) electrons. The molecule has 0 aliphatic heterocycles. The van der Waals surface area contributed by atoms with E-state index in [0.717, 1.165) is 24.1 Å². The zero-order valence-corrected chi connectivity index (χ0v) is 10.0. The summed E-state index contributed by atoms with van der Waals surface area (Å²) in [4.78, 5) is 11.4. The number of nitrogens with zero attached hydrogens (tertiary/aromatic N) is 2. The number of amides is 1. The summed E-state index contributed by atoms with van der Waals surface area (Å²) in [6.45, 7) is 2.58. The van der Waals surface area contributed by atoms with E-state index in [1.54, 1.807) is 0 Å². The van der Waals surface area contributed by atoms with Crippen LogP contribution in [0.3, 0.4) is 0 Å². The Hall–Kier alpha value is -1.84. The van der Waals surface area contributed by atoms with Gasteiger partial charge in [0.2, 0.25) is 5.91 Å². The SMILES string of the molecule is CCCCC(=O)NCc1cc2ccccn2n1. The van der Waals surface area contributed by atoms with Gasteiger partial charge in [0.1, 0.15) is 0 Å². The molecule has 2 aromatic rings. The number of fused-ring (bicyclic) bond motifs is 1. The van der Waals surface area contributed by atoms with Gasteiger partial charge in [0.15, 0.2) is 0 Å². The van der Waals surface area contributed by atoms with Crippen molar-refractivity contribution in [2.45, 2.75) is 32.7 Å². The minimum atomic E-state index is 0.101. The molecule has 17 heavy (non-hydrogen) atoms. The van der Waals surface area contributed by atoms with Crippen LogP contribution in [-0.2, 0) is 11.3 Å². The van der Waals surface area contributed by atoms with Crippen LogP contribution in [-0.4, -0.2) is 15.5 Å². The number of carbonyl (C=O) groups excluding carboxylic acids is 1. The topological polar surface area (TPSA) is 46.4 Å². The zero-order valence-electron chi connectivity index (χ0n) is 10.0. The first-order chi connectivity index (χ1) is 8.29. The molecule has 0 atom stereocenters. The minimum Gasteiger partial charge on any atom is -0.350 e. The third-order valence-corrected chi connectivity index (χ3v) is 2.64. The van der Waals surface area contributed by atoms with E-state index in [0.29, 0.717) is 13.0 Å². The molecule has 90 valence electrons. The van der Waals surface area contributed by atoms with Crippen LogP contribution in [0.1, 0.15) is 31.9 Å². The maximum atomic E-state index is 11.4. The molecule has 4 heteroatoms. The van der Waals surface area contributed by atoms with Crippen LogP contribution in [0.4, 0.5) is 0 Å². The lowest BCUT2D eigenvalue weighted by atomic mass is 10.2. The van der Waals surface area contributed by atoms with Gasteiger partial charge in [0, 0.05) is 12.6 Å². The van der Waals surface area contributed by atoms with Gasteiger partial charge in [-0.3, -0.25) is 4.79 Å². The van der Waals surface area contributed by atoms with Crippen molar-refractivity contribution in [2.75, 3.05) is 0 Å². The molecular formula is C13H17N3O. The molecule has 0 spiro atoms. The maximum absolute atomic E-state index is 11.4. The fraction of sp³-hybridized carbons (Fsp3) is 0.385. The Balaban J connectivity index is 1.92. The number of rotatable bonds is 5. The first-order valence-corrected chi connectivity index (χ1v) is 5.99. The first kappa shape index (κ1) is 11.6. The number of aromatic nitrogens is 2. The molecule has 2 heterocycles. The molecule has 0 aliphatic carbocycles. The average molecular weight is 231 g/mol. The van der Waals surface area contributed by atoms with Gasteiger partial charge in [-0.15, -0.1) is 0 Å². The van der Waals surface area contributed by atoms with Crippen molar-refractivity contribution in [3.05, 3.63) is 36.2 Å². The third kappa shape index (κ3) is 3.06. The van der Waals surface area contributed by atoms with Crippen LogP contribution < -0.4 is 5.32 Å². The molecule has 4 nitrogen and oxygen atoms in total. The van der Waals surface area contributed by atoms with Crippen LogP contribution in [0.25, 0.3) is 5.52 Å². The van der Waals surface area contributed by atoms with Gasteiger partial charge in [-0.1, -0.05) is 19.4 Å². The highest BCUT2D eigenvalue weighted by Crippen LogP contribution is 2.05. The summed E-state index contributed by atoms with van der Waals surface area (Å²) in [6.07, 6.45) is 4.49. The summed E-state index contributed by atoms with van der Waals surface area (Å²) in [6, 6.07) is 7.89. The molecule has 0 fully saturated rings. The molecule has 1 amide bonds. The highest BCUT2D eigenvalue weighted by atomic mass is 16.1. The number of pyridine rings is 1. The Morgan fingerprint density at radius 1 is 1.47 bits per heavy atom. The number of carbonyl (C=O) groups is 1. The first-order valence-electron chi connectivity index (χ1n) is 5.99. The molecule has 0 unspecified atom stereocenters. The summed E-state index contributed by atoms with van der Waals surface area (Å²) >= 11 is 0. The van der Waals surface area contributed by atoms with Crippen molar-refractivity contribution >= 4 is 11.4 Å². The predicted molar refractivity (Wildman–Crippen MR) is 66.6 cm³/mol. The molecule has 0 saturated heterocycles. The van der Waals surface area contributed by atoms with Gasteiger partial charge in [-0.25, -0.2) is 4.52 Å². The molecule has 0 aliphatic rings. The summed E-state index contributed by atoms with van der Waals surface area (Å²) in [7, 11) is 0. The molecule has 0 bridgehead atoms. The van der Waals surface area contributed by atoms with Crippen molar-refractivity contribution in [1.82, 2.24) is 14.9 Å². The van der Waals surface area contributed by atoms with E-state index < -0.39 is 0 Å². The van der Waals surface area contributed by atoms with E-state index in [-0.39, 0.29) is 5.91 Å². The number of hydrogen-bond acceptors (Lipinski definition) is 2. The van der Waals surface area contributed by atoms with E-state index in [1.165, 1.54) is 0 Å². The Kier molecular flexibility index (Phi) is 3.75. The number of nitrogens with one attached hydrogen (secondary N) is 1. The molecule has 2 aromatic heterocycles. The molecule has 0 saturated carbocycles. The predicted octanol–water partition coefficient (Wildman–Crippen LogP) is 2.14. The van der Waals surface area contributed by atoms with E-state index in [1.807, 2.05) is 35.0 Å². The lowest BCUT2D eigenvalue weighted by Crippen LogP contribution is -2.22. The lowest BCUT2D eigenvalue weighted by Gasteiger charge is -2.01. The van der Waals surface area contributed by atoms with Gasteiger partial charge in [-0.05, 0) is 24.6 Å². The largest absolute Gasteiger partial charge is 0.350 e. The van der Waals surface area contributed by atoms with Gasteiger partial charge in [-0.2, -0.15) is 5.10 Å². The maximum Gasteiger partial charge on any atom is 0.220 e. The van der Waals surface area contributed by atoms with Crippen LogP contribution >= 0.6 is 0 Å². The second-order valence-electron chi connectivity index (χ2n) is 4.09. The minimum absolute atomic E-state index is 0.101. The molecule has 0 aromatic carbocycles. The van der Waals surface area contributed by atoms with Crippen molar-refractivity contribution in [3.8, 4) is 0 Å². The summed E-state index contributed by atoms with van der Waals surface area (Å²) < 4.78 is 1.81. The monoisotopic (exact) mass is 231 g/mol. The lowest BCUT2D eigenvalue weighted by molar-refractivity contribution is -0.121. The fourth-order valence-corrected chi connectivity index (χ4v) is 1.69. The van der Waals surface area contributed by atoms with Crippen LogP contribution in [0.15, 0.2) is 30.5 Å². The molecule has 1 N–H and O–H groups in total. The van der Waals surface area contributed by atoms with Gasteiger partial charge in [0.25, 0.3) is 0 Å². The Labute approximate surface area is 101 Å². The Bertz CT molecular complexity index is 471. The van der Waals surface area contributed by atoms with E-state index in [4.69, 9.17) is 0 Å². The van der Waals surface area contributed by atoms with Crippen LogP contribution in [0.5, 0.6) is 0 Å². The third-order valence-electron chi connectivity index (χ3n) is 2.64. The molecular weight excluding hydrogens is 214 g/mol. The average Bonchev–Trinajstić information content (AvgIpc) is 2.76.